The van der Waals surface area contributed by atoms with E-state index in [0.717, 1.165) is 16.7 Å². The first-order chi connectivity index (χ1) is 11.1. The van der Waals surface area contributed by atoms with Gasteiger partial charge in [0.05, 0.1) is 0 Å². The fraction of sp³-hybridized carbons (Fsp3) is 0.182. The van der Waals surface area contributed by atoms with Crippen LogP contribution in [0.25, 0.3) is 33.1 Å². The lowest BCUT2D eigenvalue weighted by molar-refractivity contribution is 0.573. The molecular weight excluding hydrogens is 280 g/mol. The Bertz CT molecular complexity index is 985. The molecule has 0 aliphatic carbocycles. The molecule has 0 radical (unpaired) electrons. The van der Waals surface area contributed by atoms with E-state index in [4.69, 9.17) is 4.42 Å². The van der Waals surface area contributed by atoms with Crippen LogP contribution in [0.1, 0.15) is 26.3 Å². The third-order valence-corrected chi connectivity index (χ3v) is 4.42. The van der Waals surface area contributed by atoms with Crippen LogP contribution in [0.15, 0.2) is 71.1 Å². The van der Waals surface area contributed by atoms with Crippen molar-refractivity contribution in [3.05, 3.63) is 72.3 Å². The van der Waals surface area contributed by atoms with E-state index >= 15 is 0 Å². The van der Waals surface area contributed by atoms with Gasteiger partial charge in [0.15, 0.2) is 0 Å². The Kier molecular flexibility index (Phi) is 3.05. The lowest BCUT2D eigenvalue weighted by Crippen LogP contribution is -2.10. The smallest absolute Gasteiger partial charge is 0.143 e. The van der Waals surface area contributed by atoms with Crippen molar-refractivity contribution >= 4 is 21.9 Å². The molecule has 0 bridgehead atoms. The number of furan rings is 1. The molecule has 0 saturated heterocycles. The van der Waals surface area contributed by atoms with Crippen molar-refractivity contribution in [2.45, 2.75) is 26.2 Å². The number of para-hydroxylation sites is 2. The van der Waals surface area contributed by atoms with Crippen LogP contribution < -0.4 is 0 Å². The molecule has 114 valence electrons. The summed E-state index contributed by atoms with van der Waals surface area (Å²) in [6.07, 6.45) is 0. The lowest BCUT2D eigenvalue weighted by Gasteiger charge is -2.18. The maximum Gasteiger partial charge on any atom is 0.143 e. The van der Waals surface area contributed by atoms with E-state index < -0.39 is 0 Å². The van der Waals surface area contributed by atoms with Crippen molar-refractivity contribution in [3.63, 3.8) is 0 Å². The second-order valence-electron chi connectivity index (χ2n) is 7.08. The minimum atomic E-state index is 0.0558. The van der Waals surface area contributed by atoms with Gasteiger partial charge >= 0.3 is 0 Å². The van der Waals surface area contributed by atoms with Gasteiger partial charge in [-0.3, -0.25) is 0 Å². The molecule has 1 heterocycles. The number of rotatable bonds is 1. The van der Waals surface area contributed by atoms with Crippen LogP contribution in [0.3, 0.4) is 0 Å². The van der Waals surface area contributed by atoms with Crippen molar-refractivity contribution in [1.82, 2.24) is 0 Å². The largest absolute Gasteiger partial charge is 0.455 e. The second kappa shape index (κ2) is 4.99. The van der Waals surface area contributed by atoms with Gasteiger partial charge in [0.2, 0.25) is 0 Å². The Morgan fingerprint density at radius 2 is 1.30 bits per heavy atom. The number of hydrogen-bond acceptors (Lipinski definition) is 1. The van der Waals surface area contributed by atoms with Crippen molar-refractivity contribution in [1.29, 1.82) is 0 Å². The molecule has 4 aromatic rings. The highest BCUT2D eigenvalue weighted by molar-refractivity contribution is 6.10. The minimum Gasteiger partial charge on any atom is -0.455 e. The van der Waals surface area contributed by atoms with Crippen LogP contribution in [-0.2, 0) is 5.41 Å². The SMILES string of the molecule is CC(C)(C)c1cccc2c1oc1c(-c3ccccc3)cccc12. The standard InChI is InChI=1S/C22H20O/c1-22(2,3)19-14-8-13-18-17-12-7-11-16(20(17)23-21(18)19)15-9-5-4-6-10-15/h4-14H,1-3H3. The highest BCUT2D eigenvalue weighted by atomic mass is 16.3. The van der Waals surface area contributed by atoms with Crippen molar-refractivity contribution in [3.8, 4) is 11.1 Å². The first-order valence-electron chi connectivity index (χ1n) is 8.06. The quantitative estimate of drug-likeness (QED) is 0.388. The predicted molar refractivity (Wildman–Crippen MR) is 97.9 cm³/mol. The van der Waals surface area contributed by atoms with E-state index in [-0.39, 0.29) is 5.41 Å². The average Bonchev–Trinajstić information content (AvgIpc) is 2.93. The van der Waals surface area contributed by atoms with Gasteiger partial charge in [0, 0.05) is 21.9 Å². The summed E-state index contributed by atoms with van der Waals surface area (Å²) in [5.41, 5.74) is 5.64. The summed E-state index contributed by atoms with van der Waals surface area (Å²) in [4.78, 5) is 0. The van der Waals surface area contributed by atoms with Crippen LogP contribution >= 0.6 is 0 Å². The van der Waals surface area contributed by atoms with E-state index in [1.807, 2.05) is 6.07 Å². The van der Waals surface area contributed by atoms with Gasteiger partial charge in [-0.1, -0.05) is 87.5 Å². The molecule has 0 atom stereocenters. The number of hydrogen-bond donors (Lipinski definition) is 0. The highest BCUT2D eigenvalue weighted by Gasteiger charge is 2.21. The van der Waals surface area contributed by atoms with Crippen LogP contribution in [0.4, 0.5) is 0 Å². The lowest BCUT2D eigenvalue weighted by atomic mass is 9.86. The Balaban J connectivity index is 2.10. The summed E-state index contributed by atoms with van der Waals surface area (Å²) in [6.45, 7) is 6.69. The van der Waals surface area contributed by atoms with Gasteiger partial charge in [0.25, 0.3) is 0 Å². The van der Waals surface area contributed by atoms with E-state index in [9.17, 15) is 0 Å². The Morgan fingerprint density at radius 3 is 2.00 bits per heavy atom. The maximum absolute atomic E-state index is 6.40. The molecular formula is C22H20O. The Hall–Kier alpha value is -2.54. The zero-order chi connectivity index (χ0) is 16.0. The number of benzene rings is 3. The molecule has 0 aliphatic rings. The molecule has 0 unspecified atom stereocenters. The summed E-state index contributed by atoms with van der Waals surface area (Å²) in [5, 5.41) is 2.39. The first kappa shape index (κ1) is 14.1. The fourth-order valence-corrected chi connectivity index (χ4v) is 3.26. The minimum absolute atomic E-state index is 0.0558. The molecule has 0 fully saturated rings. The van der Waals surface area contributed by atoms with Crippen molar-refractivity contribution in [2.24, 2.45) is 0 Å². The average molecular weight is 300 g/mol. The number of fused-ring (bicyclic) bond motifs is 3. The second-order valence-corrected chi connectivity index (χ2v) is 7.08. The molecule has 1 aromatic heterocycles. The fourth-order valence-electron chi connectivity index (χ4n) is 3.26. The molecule has 0 N–H and O–H groups in total. The van der Waals surface area contributed by atoms with Gasteiger partial charge < -0.3 is 4.42 Å². The van der Waals surface area contributed by atoms with Crippen LogP contribution in [0, 0.1) is 0 Å². The summed E-state index contributed by atoms with van der Waals surface area (Å²) in [5.74, 6) is 0. The van der Waals surface area contributed by atoms with E-state index in [1.54, 1.807) is 0 Å². The van der Waals surface area contributed by atoms with Crippen LogP contribution in [0.2, 0.25) is 0 Å². The molecule has 0 saturated carbocycles. The molecule has 1 heteroatoms. The third kappa shape index (κ3) is 2.24. The summed E-state index contributed by atoms with van der Waals surface area (Å²) >= 11 is 0. The van der Waals surface area contributed by atoms with Gasteiger partial charge in [-0.25, -0.2) is 0 Å². The van der Waals surface area contributed by atoms with E-state index in [2.05, 4.69) is 81.4 Å². The van der Waals surface area contributed by atoms with Crippen LogP contribution in [-0.4, -0.2) is 0 Å². The van der Waals surface area contributed by atoms with Gasteiger partial charge in [0.1, 0.15) is 11.2 Å². The molecule has 0 aliphatic heterocycles. The monoisotopic (exact) mass is 300 g/mol. The third-order valence-electron chi connectivity index (χ3n) is 4.42. The molecule has 23 heavy (non-hydrogen) atoms. The van der Waals surface area contributed by atoms with E-state index in [1.165, 1.54) is 21.9 Å². The summed E-state index contributed by atoms with van der Waals surface area (Å²) in [6, 6.07) is 23.3. The predicted octanol–water partition coefficient (Wildman–Crippen LogP) is 6.55. The van der Waals surface area contributed by atoms with Gasteiger partial charge in [-0.05, 0) is 11.0 Å². The molecule has 0 amide bonds. The zero-order valence-corrected chi connectivity index (χ0v) is 13.8. The van der Waals surface area contributed by atoms with E-state index in [0.29, 0.717) is 0 Å². The zero-order valence-electron chi connectivity index (χ0n) is 13.8. The van der Waals surface area contributed by atoms with Gasteiger partial charge in [-0.15, -0.1) is 0 Å². The first-order valence-corrected chi connectivity index (χ1v) is 8.06. The van der Waals surface area contributed by atoms with Gasteiger partial charge in [-0.2, -0.15) is 0 Å². The topological polar surface area (TPSA) is 13.1 Å². The van der Waals surface area contributed by atoms with Crippen molar-refractivity contribution < 1.29 is 4.42 Å². The maximum atomic E-state index is 6.40. The Morgan fingerprint density at radius 1 is 0.652 bits per heavy atom. The summed E-state index contributed by atoms with van der Waals surface area (Å²) in [7, 11) is 0. The molecule has 1 nitrogen and oxygen atoms in total. The highest BCUT2D eigenvalue weighted by Crippen LogP contribution is 2.39. The normalized spacial score (nSPS) is 12.1. The molecule has 0 spiro atoms. The van der Waals surface area contributed by atoms with Crippen LogP contribution in [0.5, 0.6) is 0 Å². The Labute approximate surface area is 136 Å². The van der Waals surface area contributed by atoms with Crippen molar-refractivity contribution in [2.75, 3.05) is 0 Å². The molecule has 4 rings (SSSR count). The summed E-state index contributed by atoms with van der Waals surface area (Å²) < 4.78 is 6.40. The molecule has 3 aromatic carbocycles.